The number of aryl methyl sites for hydroxylation is 1. The van der Waals surface area contributed by atoms with Crippen LogP contribution in [0.2, 0.25) is 0 Å². The Labute approximate surface area is 113 Å². The Morgan fingerprint density at radius 3 is 2.47 bits per heavy atom. The van der Waals surface area contributed by atoms with Gasteiger partial charge in [-0.2, -0.15) is 0 Å². The summed E-state index contributed by atoms with van der Waals surface area (Å²) >= 11 is 0. The van der Waals surface area contributed by atoms with Gasteiger partial charge in [-0.15, -0.1) is 5.10 Å². The molecule has 2 aromatic rings. The highest BCUT2D eigenvalue weighted by Gasteiger charge is 2.15. The predicted molar refractivity (Wildman–Crippen MR) is 73.8 cm³/mol. The molecule has 0 saturated carbocycles. The molecule has 0 unspecified atom stereocenters. The highest BCUT2D eigenvalue weighted by Crippen LogP contribution is 2.22. The molecule has 3 rings (SSSR count). The molecule has 1 aromatic heterocycles. The summed E-state index contributed by atoms with van der Waals surface area (Å²) in [4.78, 5) is 0. The van der Waals surface area contributed by atoms with Crippen molar-refractivity contribution >= 4 is 0 Å². The van der Waals surface area contributed by atoms with E-state index in [9.17, 15) is 0 Å². The summed E-state index contributed by atoms with van der Waals surface area (Å²) < 4.78 is 7.18. The standard InChI is InChI=1S/C15H19N3O/c1-19-13-10-8-12(9-11-13)18-15-7-5-3-2-4-6-14(15)16-17-18/h8-11H,2-7H2,1H3. The van der Waals surface area contributed by atoms with Gasteiger partial charge in [-0.25, -0.2) is 4.68 Å². The van der Waals surface area contributed by atoms with Crippen molar-refractivity contribution in [1.82, 2.24) is 15.0 Å². The molecule has 1 aliphatic carbocycles. The Bertz CT molecular complexity index is 545. The first-order chi connectivity index (χ1) is 9.38. The summed E-state index contributed by atoms with van der Waals surface area (Å²) in [5.74, 6) is 0.867. The van der Waals surface area contributed by atoms with Crippen LogP contribution in [0.15, 0.2) is 24.3 Å². The highest BCUT2D eigenvalue weighted by atomic mass is 16.5. The van der Waals surface area contributed by atoms with E-state index in [2.05, 4.69) is 10.3 Å². The number of nitrogens with zero attached hydrogens (tertiary/aromatic N) is 3. The van der Waals surface area contributed by atoms with Gasteiger partial charge in [0.15, 0.2) is 0 Å². The van der Waals surface area contributed by atoms with E-state index in [-0.39, 0.29) is 0 Å². The van der Waals surface area contributed by atoms with Crippen molar-refractivity contribution in [1.29, 1.82) is 0 Å². The third-order valence-electron chi connectivity index (χ3n) is 3.74. The zero-order valence-corrected chi connectivity index (χ0v) is 11.3. The first-order valence-corrected chi connectivity index (χ1v) is 6.96. The normalized spacial score (nSPS) is 15.4. The Morgan fingerprint density at radius 1 is 1.00 bits per heavy atom. The van der Waals surface area contributed by atoms with E-state index >= 15 is 0 Å². The second-order valence-electron chi connectivity index (χ2n) is 5.01. The number of rotatable bonds is 2. The van der Waals surface area contributed by atoms with E-state index in [1.165, 1.54) is 37.1 Å². The van der Waals surface area contributed by atoms with Crippen LogP contribution < -0.4 is 4.74 Å². The average molecular weight is 257 g/mol. The maximum atomic E-state index is 5.19. The molecule has 0 amide bonds. The molecule has 4 nitrogen and oxygen atoms in total. The molecule has 100 valence electrons. The molecule has 0 fully saturated rings. The van der Waals surface area contributed by atoms with E-state index < -0.39 is 0 Å². The van der Waals surface area contributed by atoms with Gasteiger partial charge in [-0.05, 0) is 49.9 Å². The Kier molecular flexibility index (Phi) is 3.49. The topological polar surface area (TPSA) is 39.9 Å². The van der Waals surface area contributed by atoms with Crippen molar-refractivity contribution < 1.29 is 4.74 Å². The predicted octanol–water partition coefficient (Wildman–Crippen LogP) is 2.93. The lowest BCUT2D eigenvalue weighted by molar-refractivity contribution is 0.414. The van der Waals surface area contributed by atoms with E-state index in [1.54, 1.807) is 7.11 Å². The lowest BCUT2D eigenvalue weighted by atomic mass is 10.0. The van der Waals surface area contributed by atoms with E-state index in [4.69, 9.17) is 4.74 Å². The number of hydrogen-bond donors (Lipinski definition) is 0. The molecule has 0 bridgehead atoms. The second kappa shape index (κ2) is 5.43. The van der Waals surface area contributed by atoms with Gasteiger partial charge in [0.25, 0.3) is 0 Å². The quantitative estimate of drug-likeness (QED) is 0.830. The van der Waals surface area contributed by atoms with Gasteiger partial charge in [-0.1, -0.05) is 18.1 Å². The Hall–Kier alpha value is -1.84. The molecular formula is C15H19N3O. The van der Waals surface area contributed by atoms with Crippen molar-refractivity contribution in [3.63, 3.8) is 0 Å². The first-order valence-electron chi connectivity index (χ1n) is 6.96. The zero-order chi connectivity index (χ0) is 13.1. The number of benzene rings is 1. The molecule has 0 spiro atoms. The van der Waals surface area contributed by atoms with Crippen molar-refractivity contribution in [3.8, 4) is 11.4 Å². The van der Waals surface area contributed by atoms with Gasteiger partial charge in [0.1, 0.15) is 5.75 Å². The van der Waals surface area contributed by atoms with Crippen LogP contribution >= 0.6 is 0 Å². The summed E-state index contributed by atoms with van der Waals surface area (Å²) in [6.45, 7) is 0. The lowest BCUT2D eigenvalue weighted by Gasteiger charge is -2.11. The molecule has 1 heterocycles. The summed E-state index contributed by atoms with van der Waals surface area (Å²) in [7, 11) is 1.68. The number of ether oxygens (including phenoxy) is 1. The maximum Gasteiger partial charge on any atom is 0.119 e. The minimum atomic E-state index is 0.867. The van der Waals surface area contributed by atoms with Gasteiger partial charge in [0.2, 0.25) is 0 Å². The number of aromatic nitrogens is 3. The van der Waals surface area contributed by atoms with Crippen LogP contribution in [-0.2, 0) is 12.8 Å². The van der Waals surface area contributed by atoms with E-state index in [0.29, 0.717) is 0 Å². The minimum absolute atomic E-state index is 0.867. The molecule has 19 heavy (non-hydrogen) atoms. The van der Waals surface area contributed by atoms with Gasteiger partial charge in [-0.3, -0.25) is 0 Å². The molecule has 0 aliphatic heterocycles. The molecular weight excluding hydrogens is 238 g/mol. The Balaban J connectivity index is 1.95. The number of hydrogen-bond acceptors (Lipinski definition) is 3. The maximum absolute atomic E-state index is 5.19. The van der Waals surface area contributed by atoms with Crippen LogP contribution in [0.4, 0.5) is 0 Å². The van der Waals surface area contributed by atoms with Crippen molar-refractivity contribution in [3.05, 3.63) is 35.7 Å². The Morgan fingerprint density at radius 2 is 1.74 bits per heavy atom. The van der Waals surface area contributed by atoms with E-state index in [0.717, 1.165) is 24.3 Å². The van der Waals surface area contributed by atoms with Gasteiger partial charge in [0.05, 0.1) is 24.2 Å². The molecule has 1 aromatic carbocycles. The van der Waals surface area contributed by atoms with Crippen molar-refractivity contribution in [2.75, 3.05) is 7.11 Å². The van der Waals surface area contributed by atoms with Gasteiger partial charge < -0.3 is 4.74 Å². The SMILES string of the molecule is COc1ccc(-n2nnc3c2CCCCCC3)cc1. The van der Waals surface area contributed by atoms with Crippen LogP contribution in [-0.4, -0.2) is 22.1 Å². The molecule has 0 saturated heterocycles. The van der Waals surface area contributed by atoms with Crippen LogP contribution in [0.1, 0.15) is 37.1 Å². The molecule has 4 heteroatoms. The van der Waals surface area contributed by atoms with Crippen molar-refractivity contribution in [2.45, 2.75) is 38.5 Å². The zero-order valence-electron chi connectivity index (χ0n) is 11.3. The van der Waals surface area contributed by atoms with Crippen molar-refractivity contribution in [2.24, 2.45) is 0 Å². The van der Waals surface area contributed by atoms with Crippen LogP contribution in [0.5, 0.6) is 5.75 Å². The van der Waals surface area contributed by atoms with Crippen LogP contribution in [0.3, 0.4) is 0 Å². The molecule has 0 atom stereocenters. The largest absolute Gasteiger partial charge is 0.497 e. The highest BCUT2D eigenvalue weighted by molar-refractivity contribution is 5.38. The summed E-state index contributed by atoms with van der Waals surface area (Å²) in [5, 5.41) is 8.69. The number of fused-ring (bicyclic) bond motifs is 1. The smallest absolute Gasteiger partial charge is 0.119 e. The number of methoxy groups -OCH3 is 1. The van der Waals surface area contributed by atoms with E-state index in [1.807, 2.05) is 28.9 Å². The fraction of sp³-hybridized carbons (Fsp3) is 0.467. The fourth-order valence-electron chi connectivity index (χ4n) is 2.65. The third-order valence-corrected chi connectivity index (χ3v) is 3.74. The van der Waals surface area contributed by atoms with Crippen LogP contribution in [0, 0.1) is 0 Å². The summed E-state index contributed by atoms with van der Waals surface area (Å²) in [5.41, 5.74) is 3.52. The fourth-order valence-corrected chi connectivity index (χ4v) is 2.65. The summed E-state index contributed by atoms with van der Waals surface area (Å²) in [6, 6.07) is 8.00. The summed E-state index contributed by atoms with van der Waals surface area (Å²) in [6.07, 6.45) is 7.23. The second-order valence-corrected chi connectivity index (χ2v) is 5.01. The average Bonchev–Trinajstić information content (AvgIpc) is 2.81. The molecule has 0 radical (unpaired) electrons. The van der Waals surface area contributed by atoms with Gasteiger partial charge in [0, 0.05) is 0 Å². The first kappa shape index (κ1) is 12.2. The van der Waals surface area contributed by atoms with Gasteiger partial charge >= 0.3 is 0 Å². The minimum Gasteiger partial charge on any atom is -0.497 e. The molecule has 0 N–H and O–H groups in total. The monoisotopic (exact) mass is 257 g/mol. The van der Waals surface area contributed by atoms with Crippen LogP contribution in [0.25, 0.3) is 5.69 Å². The molecule has 1 aliphatic rings. The lowest BCUT2D eigenvalue weighted by Crippen LogP contribution is -2.06. The third kappa shape index (κ3) is 2.48.